The van der Waals surface area contributed by atoms with Crippen molar-refractivity contribution < 1.29 is 4.39 Å². The molecule has 0 aromatic heterocycles. The van der Waals surface area contributed by atoms with Crippen LogP contribution >= 0.6 is 11.6 Å². The number of hydrogen-bond donors (Lipinski definition) is 1. The van der Waals surface area contributed by atoms with E-state index >= 15 is 0 Å². The van der Waals surface area contributed by atoms with E-state index in [1.165, 1.54) is 22.4 Å². The fourth-order valence-corrected chi connectivity index (χ4v) is 2.56. The van der Waals surface area contributed by atoms with E-state index in [4.69, 9.17) is 11.6 Å². The summed E-state index contributed by atoms with van der Waals surface area (Å²) in [5.74, 6) is -0.374. The monoisotopic (exact) mass is 299 g/mol. The lowest BCUT2D eigenvalue weighted by molar-refractivity contribution is 0.621. The largest absolute Gasteiger partial charge is 0.309 e. The summed E-state index contributed by atoms with van der Waals surface area (Å²) in [5.41, 5.74) is 2.12. The van der Waals surface area contributed by atoms with Crippen LogP contribution in [0.4, 0.5) is 4.39 Å². The van der Waals surface area contributed by atoms with Crippen LogP contribution in [0.5, 0.6) is 0 Å². The van der Waals surface area contributed by atoms with Crippen LogP contribution in [0.25, 0.3) is 10.8 Å². The van der Waals surface area contributed by atoms with Gasteiger partial charge in [0.05, 0.1) is 5.02 Å². The molecule has 3 rings (SSSR count). The normalized spacial score (nSPS) is 11.0. The van der Waals surface area contributed by atoms with Crippen molar-refractivity contribution in [1.29, 1.82) is 0 Å². The molecule has 0 saturated heterocycles. The van der Waals surface area contributed by atoms with E-state index in [0.717, 1.165) is 12.1 Å². The Bertz CT molecular complexity index is 765. The smallest absolute Gasteiger partial charge is 0.142 e. The van der Waals surface area contributed by atoms with E-state index in [1.54, 1.807) is 6.07 Å². The number of halogens is 2. The predicted octanol–water partition coefficient (Wildman–Crippen LogP) is 4.92. The molecule has 3 heteroatoms. The van der Waals surface area contributed by atoms with E-state index < -0.39 is 0 Å². The predicted molar refractivity (Wildman–Crippen MR) is 85.9 cm³/mol. The molecular weight excluding hydrogens is 285 g/mol. The summed E-state index contributed by atoms with van der Waals surface area (Å²) in [6.07, 6.45) is 0. The highest BCUT2D eigenvalue weighted by molar-refractivity contribution is 6.30. The molecule has 0 heterocycles. The number of hydrogen-bond acceptors (Lipinski definition) is 1. The van der Waals surface area contributed by atoms with Crippen LogP contribution in [0.15, 0.2) is 60.7 Å². The Kier molecular flexibility index (Phi) is 4.18. The number of benzene rings is 3. The summed E-state index contributed by atoms with van der Waals surface area (Å²) >= 11 is 5.68. The molecule has 0 radical (unpaired) electrons. The zero-order valence-electron chi connectivity index (χ0n) is 11.4. The van der Waals surface area contributed by atoms with Crippen molar-refractivity contribution in [2.24, 2.45) is 0 Å². The summed E-state index contributed by atoms with van der Waals surface area (Å²) in [6.45, 7) is 1.35. The topological polar surface area (TPSA) is 12.0 Å². The van der Waals surface area contributed by atoms with Gasteiger partial charge >= 0.3 is 0 Å². The van der Waals surface area contributed by atoms with Gasteiger partial charge in [0.2, 0.25) is 0 Å². The highest BCUT2D eigenvalue weighted by Crippen LogP contribution is 2.19. The van der Waals surface area contributed by atoms with E-state index in [1.807, 2.05) is 18.2 Å². The highest BCUT2D eigenvalue weighted by atomic mass is 35.5. The molecule has 0 atom stereocenters. The van der Waals surface area contributed by atoms with Crippen molar-refractivity contribution in [3.8, 4) is 0 Å². The van der Waals surface area contributed by atoms with Gasteiger partial charge in [0.25, 0.3) is 0 Å². The number of fused-ring (bicyclic) bond motifs is 1. The summed E-state index contributed by atoms with van der Waals surface area (Å²) < 4.78 is 13.4. The first-order chi connectivity index (χ1) is 10.2. The maximum absolute atomic E-state index is 13.4. The van der Waals surface area contributed by atoms with Gasteiger partial charge in [-0.25, -0.2) is 4.39 Å². The molecule has 0 amide bonds. The first kappa shape index (κ1) is 14.1. The van der Waals surface area contributed by atoms with Gasteiger partial charge in [-0.15, -0.1) is 0 Å². The Balaban J connectivity index is 1.70. The van der Waals surface area contributed by atoms with Crippen molar-refractivity contribution in [3.05, 3.63) is 82.6 Å². The molecule has 0 bridgehead atoms. The summed E-state index contributed by atoms with van der Waals surface area (Å²) in [7, 11) is 0. The molecule has 3 aromatic carbocycles. The second-order valence-electron chi connectivity index (χ2n) is 4.99. The number of rotatable bonds is 4. The van der Waals surface area contributed by atoms with Crippen molar-refractivity contribution >= 4 is 22.4 Å². The summed E-state index contributed by atoms with van der Waals surface area (Å²) in [5, 5.41) is 5.98. The standard InChI is InChI=1S/C18H15ClFN/c19-17-9-8-13(10-18(17)20)11-21-12-15-6-3-5-14-4-1-2-7-16(14)15/h1-10,21H,11-12H2. The molecule has 1 nitrogen and oxygen atoms in total. The minimum Gasteiger partial charge on any atom is -0.309 e. The maximum atomic E-state index is 13.4. The zero-order chi connectivity index (χ0) is 14.7. The third-order valence-corrected chi connectivity index (χ3v) is 3.82. The minimum atomic E-state index is -0.374. The van der Waals surface area contributed by atoms with Crippen molar-refractivity contribution in [2.75, 3.05) is 0 Å². The fraction of sp³-hybridized carbons (Fsp3) is 0.111. The molecule has 0 fully saturated rings. The Labute approximate surface area is 128 Å². The van der Waals surface area contributed by atoms with Crippen LogP contribution in [0.1, 0.15) is 11.1 Å². The van der Waals surface area contributed by atoms with E-state index in [-0.39, 0.29) is 10.8 Å². The van der Waals surface area contributed by atoms with Gasteiger partial charge in [-0.3, -0.25) is 0 Å². The lowest BCUT2D eigenvalue weighted by Crippen LogP contribution is -2.13. The summed E-state index contributed by atoms with van der Waals surface area (Å²) in [4.78, 5) is 0. The molecule has 0 saturated carbocycles. The quantitative estimate of drug-likeness (QED) is 0.721. The van der Waals surface area contributed by atoms with E-state index in [9.17, 15) is 4.39 Å². The Morgan fingerprint density at radius 2 is 1.71 bits per heavy atom. The van der Waals surface area contributed by atoms with Gasteiger partial charge in [-0.2, -0.15) is 0 Å². The molecule has 0 aliphatic carbocycles. The molecular formula is C18H15ClFN. The van der Waals surface area contributed by atoms with Crippen LogP contribution in [-0.4, -0.2) is 0 Å². The zero-order valence-corrected chi connectivity index (χ0v) is 12.2. The van der Waals surface area contributed by atoms with Gasteiger partial charge in [-0.05, 0) is 34.0 Å². The van der Waals surface area contributed by atoms with Crippen LogP contribution < -0.4 is 5.32 Å². The SMILES string of the molecule is Fc1cc(CNCc2cccc3ccccc23)ccc1Cl. The Hall–Kier alpha value is -1.90. The molecule has 106 valence electrons. The average Bonchev–Trinajstić information content (AvgIpc) is 2.51. The van der Waals surface area contributed by atoms with Crippen LogP contribution in [0.3, 0.4) is 0 Å². The highest BCUT2D eigenvalue weighted by Gasteiger charge is 2.02. The van der Waals surface area contributed by atoms with Gasteiger partial charge in [0.15, 0.2) is 0 Å². The maximum Gasteiger partial charge on any atom is 0.142 e. The third-order valence-electron chi connectivity index (χ3n) is 3.51. The molecule has 0 spiro atoms. The van der Waals surface area contributed by atoms with Crippen molar-refractivity contribution in [3.63, 3.8) is 0 Å². The fourth-order valence-electron chi connectivity index (χ4n) is 2.44. The van der Waals surface area contributed by atoms with E-state index in [2.05, 4.69) is 35.6 Å². The van der Waals surface area contributed by atoms with Crippen LogP contribution in [-0.2, 0) is 13.1 Å². The minimum absolute atomic E-state index is 0.160. The molecule has 0 unspecified atom stereocenters. The van der Waals surface area contributed by atoms with E-state index in [0.29, 0.717) is 6.54 Å². The van der Waals surface area contributed by atoms with Gasteiger partial charge < -0.3 is 5.32 Å². The molecule has 21 heavy (non-hydrogen) atoms. The second kappa shape index (κ2) is 6.25. The lowest BCUT2D eigenvalue weighted by Gasteiger charge is -2.09. The van der Waals surface area contributed by atoms with Gasteiger partial charge in [0.1, 0.15) is 5.82 Å². The van der Waals surface area contributed by atoms with Crippen LogP contribution in [0.2, 0.25) is 5.02 Å². The Morgan fingerprint density at radius 3 is 2.57 bits per heavy atom. The molecule has 1 N–H and O–H groups in total. The first-order valence-electron chi connectivity index (χ1n) is 6.85. The molecule has 0 aliphatic heterocycles. The van der Waals surface area contributed by atoms with Gasteiger partial charge in [0, 0.05) is 13.1 Å². The Morgan fingerprint density at radius 1 is 0.905 bits per heavy atom. The summed E-state index contributed by atoms with van der Waals surface area (Å²) in [6, 6.07) is 19.5. The van der Waals surface area contributed by atoms with Crippen LogP contribution in [0, 0.1) is 5.82 Å². The first-order valence-corrected chi connectivity index (χ1v) is 7.23. The third kappa shape index (κ3) is 3.23. The van der Waals surface area contributed by atoms with Gasteiger partial charge in [-0.1, -0.05) is 60.1 Å². The average molecular weight is 300 g/mol. The molecule has 3 aromatic rings. The van der Waals surface area contributed by atoms with Crippen molar-refractivity contribution in [1.82, 2.24) is 5.32 Å². The van der Waals surface area contributed by atoms with Crippen molar-refractivity contribution in [2.45, 2.75) is 13.1 Å². The molecule has 0 aliphatic rings. The number of nitrogens with one attached hydrogen (secondary N) is 1. The lowest BCUT2D eigenvalue weighted by atomic mass is 10.0. The second-order valence-corrected chi connectivity index (χ2v) is 5.40.